The van der Waals surface area contributed by atoms with Crippen molar-refractivity contribution in [1.29, 1.82) is 0 Å². The van der Waals surface area contributed by atoms with E-state index in [-0.39, 0.29) is 17.6 Å². The van der Waals surface area contributed by atoms with Crippen LogP contribution in [0, 0.1) is 5.82 Å². The Hall–Kier alpha value is -1.69. The standard InChI is InChI=1S/C15H13BrF3NO/c1-9(20-14-6-5-11(17)8-13(14)16)10-3-2-4-12(7-10)21-15(18)19/h2-9,15,20H,1H3. The van der Waals surface area contributed by atoms with Gasteiger partial charge in [-0.3, -0.25) is 0 Å². The minimum absolute atomic E-state index is 0.106. The van der Waals surface area contributed by atoms with E-state index in [0.29, 0.717) is 10.2 Å². The maximum atomic E-state index is 13.0. The Morgan fingerprint density at radius 3 is 2.57 bits per heavy atom. The average molecular weight is 360 g/mol. The van der Waals surface area contributed by atoms with Gasteiger partial charge in [0.2, 0.25) is 0 Å². The van der Waals surface area contributed by atoms with Gasteiger partial charge >= 0.3 is 6.61 Å². The quantitative estimate of drug-likeness (QED) is 0.775. The van der Waals surface area contributed by atoms with Gasteiger partial charge in [0.25, 0.3) is 0 Å². The van der Waals surface area contributed by atoms with Crippen LogP contribution < -0.4 is 10.1 Å². The lowest BCUT2D eigenvalue weighted by Crippen LogP contribution is -2.08. The minimum atomic E-state index is -2.85. The number of alkyl halides is 2. The Balaban J connectivity index is 2.14. The number of hydrogen-bond donors (Lipinski definition) is 1. The number of ether oxygens (including phenoxy) is 1. The molecule has 0 fully saturated rings. The summed E-state index contributed by atoms with van der Waals surface area (Å²) in [6.07, 6.45) is 0. The second kappa shape index (κ2) is 6.85. The first-order chi connectivity index (χ1) is 9.95. The van der Waals surface area contributed by atoms with Crippen molar-refractivity contribution in [3.8, 4) is 5.75 Å². The summed E-state index contributed by atoms with van der Waals surface area (Å²) in [6, 6.07) is 10.6. The average Bonchev–Trinajstić information content (AvgIpc) is 2.41. The van der Waals surface area contributed by atoms with Crippen molar-refractivity contribution in [3.05, 3.63) is 58.3 Å². The largest absolute Gasteiger partial charge is 0.435 e. The summed E-state index contributed by atoms with van der Waals surface area (Å²) in [7, 11) is 0. The Labute approximate surface area is 129 Å². The zero-order chi connectivity index (χ0) is 15.4. The molecular weight excluding hydrogens is 347 g/mol. The smallest absolute Gasteiger partial charge is 0.387 e. The van der Waals surface area contributed by atoms with Crippen LogP contribution in [0.25, 0.3) is 0 Å². The summed E-state index contributed by atoms with van der Waals surface area (Å²) >= 11 is 3.27. The number of hydrogen-bond acceptors (Lipinski definition) is 2. The maximum absolute atomic E-state index is 13.0. The Morgan fingerprint density at radius 2 is 1.90 bits per heavy atom. The van der Waals surface area contributed by atoms with Crippen LogP contribution in [0.3, 0.4) is 0 Å². The lowest BCUT2D eigenvalue weighted by molar-refractivity contribution is -0.0498. The zero-order valence-corrected chi connectivity index (χ0v) is 12.7. The highest BCUT2D eigenvalue weighted by molar-refractivity contribution is 9.10. The van der Waals surface area contributed by atoms with Crippen LogP contribution in [0.15, 0.2) is 46.9 Å². The molecule has 2 rings (SSSR count). The van der Waals surface area contributed by atoms with E-state index in [1.807, 2.05) is 6.92 Å². The van der Waals surface area contributed by atoms with Gasteiger partial charge in [-0.2, -0.15) is 8.78 Å². The van der Waals surface area contributed by atoms with Crippen molar-refractivity contribution >= 4 is 21.6 Å². The van der Waals surface area contributed by atoms with Crippen molar-refractivity contribution in [3.63, 3.8) is 0 Å². The van der Waals surface area contributed by atoms with Gasteiger partial charge in [0.05, 0.1) is 0 Å². The molecule has 2 aromatic carbocycles. The SMILES string of the molecule is CC(Nc1ccc(F)cc1Br)c1cccc(OC(F)F)c1. The first-order valence-electron chi connectivity index (χ1n) is 6.22. The van der Waals surface area contributed by atoms with Crippen LogP contribution in [0.1, 0.15) is 18.5 Å². The highest BCUT2D eigenvalue weighted by atomic mass is 79.9. The van der Waals surface area contributed by atoms with Gasteiger partial charge in [0.1, 0.15) is 11.6 Å². The second-order valence-corrected chi connectivity index (χ2v) is 5.30. The number of anilines is 1. The molecule has 21 heavy (non-hydrogen) atoms. The summed E-state index contributed by atoms with van der Waals surface area (Å²) in [6.45, 7) is -0.980. The molecule has 6 heteroatoms. The molecule has 0 aliphatic carbocycles. The molecule has 0 aliphatic rings. The molecule has 0 spiro atoms. The molecule has 1 unspecified atom stereocenters. The van der Waals surface area contributed by atoms with E-state index in [0.717, 1.165) is 5.56 Å². The fourth-order valence-corrected chi connectivity index (χ4v) is 2.35. The van der Waals surface area contributed by atoms with Crippen molar-refractivity contribution in [2.24, 2.45) is 0 Å². The third-order valence-corrected chi connectivity index (χ3v) is 3.54. The zero-order valence-electron chi connectivity index (χ0n) is 11.1. The summed E-state index contributed by atoms with van der Waals surface area (Å²) in [5.74, 6) is -0.235. The lowest BCUT2D eigenvalue weighted by atomic mass is 10.1. The van der Waals surface area contributed by atoms with E-state index in [1.54, 1.807) is 24.3 Å². The Morgan fingerprint density at radius 1 is 1.14 bits per heavy atom. The summed E-state index contributed by atoms with van der Waals surface area (Å²) in [5.41, 5.74) is 1.49. The molecule has 0 amide bonds. The van der Waals surface area contributed by atoms with Gasteiger partial charge in [0, 0.05) is 16.2 Å². The van der Waals surface area contributed by atoms with Crippen LogP contribution in [0.5, 0.6) is 5.75 Å². The van der Waals surface area contributed by atoms with E-state index >= 15 is 0 Å². The van der Waals surface area contributed by atoms with Crippen molar-refractivity contribution in [1.82, 2.24) is 0 Å². The number of nitrogens with one attached hydrogen (secondary N) is 1. The van der Waals surface area contributed by atoms with Gasteiger partial charge in [0.15, 0.2) is 0 Å². The summed E-state index contributed by atoms with van der Waals surface area (Å²) in [4.78, 5) is 0. The normalized spacial score (nSPS) is 12.3. The van der Waals surface area contributed by atoms with Crippen LogP contribution in [-0.2, 0) is 0 Å². The van der Waals surface area contributed by atoms with E-state index in [1.165, 1.54) is 18.2 Å². The molecule has 0 saturated heterocycles. The predicted octanol–water partition coefficient (Wildman–Crippen LogP) is 5.36. The van der Waals surface area contributed by atoms with E-state index < -0.39 is 6.61 Å². The predicted molar refractivity (Wildman–Crippen MR) is 79.2 cm³/mol. The van der Waals surface area contributed by atoms with Gasteiger partial charge in [-0.15, -0.1) is 0 Å². The first kappa shape index (κ1) is 15.7. The number of halogens is 4. The van der Waals surface area contributed by atoms with E-state index in [9.17, 15) is 13.2 Å². The van der Waals surface area contributed by atoms with Crippen molar-refractivity contribution in [2.45, 2.75) is 19.6 Å². The Kier molecular flexibility index (Phi) is 5.12. The molecule has 0 aliphatic heterocycles. The van der Waals surface area contributed by atoms with Crippen molar-refractivity contribution in [2.75, 3.05) is 5.32 Å². The van der Waals surface area contributed by atoms with Crippen molar-refractivity contribution < 1.29 is 17.9 Å². The van der Waals surface area contributed by atoms with Crippen LogP contribution in [0.4, 0.5) is 18.9 Å². The third kappa shape index (κ3) is 4.39. The molecule has 0 bridgehead atoms. The first-order valence-corrected chi connectivity index (χ1v) is 7.01. The molecule has 0 radical (unpaired) electrons. The van der Waals surface area contributed by atoms with E-state index in [2.05, 4.69) is 26.0 Å². The molecule has 0 aromatic heterocycles. The topological polar surface area (TPSA) is 21.3 Å². The molecule has 2 aromatic rings. The number of benzene rings is 2. The highest BCUT2D eigenvalue weighted by Gasteiger charge is 2.10. The van der Waals surface area contributed by atoms with E-state index in [4.69, 9.17) is 0 Å². The van der Waals surface area contributed by atoms with Crippen LogP contribution in [-0.4, -0.2) is 6.61 Å². The molecule has 0 saturated carbocycles. The minimum Gasteiger partial charge on any atom is -0.435 e. The fraction of sp³-hybridized carbons (Fsp3) is 0.200. The molecular formula is C15H13BrF3NO. The maximum Gasteiger partial charge on any atom is 0.387 e. The van der Waals surface area contributed by atoms with Gasteiger partial charge in [-0.25, -0.2) is 4.39 Å². The highest BCUT2D eigenvalue weighted by Crippen LogP contribution is 2.28. The summed E-state index contributed by atoms with van der Waals surface area (Å²) in [5, 5.41) is 3.18. The second-order valence-electron chi connectivity index (χ2n) is 4.44. The van der Waals surface area contributed by atoms with Gasteiger partial charge in [-0.05, 0) is 58.7 Å². The third-order valence-electron chi connectivity index (χ3n) is 2.89. The Bertz CT molecular complexity index is 622. The molecule has 2 nitrogen and oxygen atoms in total. The molecule has 1 atom stereocenters. The molecule has 0 heterocycles. The van der Waals surface area contributed by atoms with Gasteiger partial charge in [-0.1, -0.05) is 12.1 Å². The fourth-order valence-electron chi connectivity index (χ4n) is 1.88. The van der Waals surface area contributed by atoms with Gasteiger partial charge < -0.3 is 10.1 Å². The molecule has 1 N–H and O–H groups in total. The van der Waals surface area contributed by atoms with Crippen LogP contribution in [0.2, 0.25) is 0 Å². The lowest BCUT2D eigenvalue weighted by Gasteiger charge is -2.17. The number of rotatable bonds is 5. The summed E-state index contributed by atoms with van der Waals surface area (Å²) < 4.78 is 42.4. The molecule has 112 valence electrons. The van der Waals surface area contributed by atoms with Crippen LogP contribution >= 0.6 is 15.9 Å². The monoisotopic (exact) mass is 359 g/mol.